The van der Waals surface area contributed by atoms with Crippen molar-refractivity contribution in [1.82, 2.24) is 4.98 Å². The standard InChI is InChI=1S/C12H9BrCl2N2/c13-9-3-8(5-16-7-9)6-17-12-2-1-10(14)4-11(12)15/h1-5,7,17H,6H2. The third kappa shape index (κ3) is 3.60. The van der Waals surface area contributed by atoms with Crippen molar-refractivity contribution in [2.24, 2.45) is 0 Å². The highest BCUT2D eigenvalue weighted by Crippen LogP contribution is 2.25. The van der Waals surface area contributed by atoms with E-state index in [1.54, 1.807) is 18.3 Å². The van der Waals surface area contributed by atoms with Gasteiger partial charge >= 0.3 is 0 Å². The van der Waals surface area contributed by atoms with E-state index >= 15 is 0 Å². The predicted octanol–water partition coefficient (Wildman–Crippen LogP) is 4.76. The summed E-state index contributed by atoms with van der Waals surface area (Å²) in [6, 6.07) is 7.37. The highest BCUT2D eigenvalue weighted by molar-refractivity contribution is 9.10. The van der Waals surface area contributed by atoms with E-state index in [1.165, 1.54) is 0 Å². The van der Waals surface area contributed by atoms with Gasteiger partial charge in [0.05, 0.1) is 10.7 Å². The fourth-order valence-corrected chi connectivity index (χ4v) is 2.27. The lowest BCUT2D eigenvalue weighted by atomic mass is 10.2. The van der Waals surface area contributed by atoms with Crippen molar-refractivity contribution in [3.8, 4) is 0 Å². The molecular weight excluding hydrogens is 323 g/mol. The number of nitrogens with one attached hydrogen (secondary N) is 1. The van der Waals surface area contributed by atoms with Crippen LogP contribution in [-0.2, 0) is 6.54 Å². The van der Waals surface area contributed by atoms with Crippen LogP contribution in [0.2, 0.25) is 10.0 Å². The molecule has 1 aromatic carbocycles. The van der Waals surface area contributed by atoms with Crippen LogP contribution in [0, 0.1) is 0 Å². The molecule has 0 aliphatic carbocycles. The summed E-state index contributed by atoms with van der Waals surface area (Å²) in [5, 5.41) is 4.47. The van der Waals surface area contributed by atoms with Crippen molar-refractivity contribution in [3.63, 3.8) is 0 Å². The molecule has 5 heteroatoms. The first kappa shape index (κ1) is 12.7. The van der Waals surface area contributed by atoms with Crippen molar-refractivity contribution in [2.45, 2.75) is 6.54 Å². The first-order valence-electron chi connectivity index (χ1n) is 4.93. The van der Waals surface area contributed by atoms with Crippen LogP contribution in [0.25, 0.3) is 0 Å². The fraction of sp³-hybridized carbons (Fsp3) is 0.0833. The van der Waals surface area contributed by atoms with Crippen molar-refractivity contribution >= 4 is 44.8 Å². The Hall–Kier alpha value is -0.770. The molecule has 2 rings (SSSR count). The summed E-state index contributed by atoms with van der Waals surface area (Å²) in [6.07, 6.45) is 3.56. The molecule has 0 saturated heterocycles. The number of halogens is 3. The normalized spacial score (nSPS) is 10.3. The second-order valence-electron chi connectivity index (χ2n) is 3.49. The number of aromatic nitrogens is 1. The van der Waals surface area contributed by atoms with Crippen molar-refractivity contribution in [2.75, 3.05) is 5.32 Å². The second-order valence-corrected chi connectivity index (χ2v) is 5.25. The van der Waals surface area contributed by atoms with Crippen LogP contribution in [0.15, 0.2) is 41.1 Å². The summed E-state index contributed by atoms with van der Waals surface area (Å²) < 4.78 is 0.957. The van der Waals surface area contributed by atoms with Crippen LogP contribution in [0.5, 0.6) is 0 Å². The Balaban J connectivity index is 2.07. The Morgan fingerprint density at radius 1 is 1.18 bits per heavy atom. The molecule has 0 amide bonds. The molecule has 1 heterocycles. The molecule has 0 spiro atoms. The maximum absolute atomic E-state index is 6.06. The summed E-state index contributed by atoms with van der Waals surface area (Å²) in [4.78, 5) is 4.09. The van der Waals surface area contributed by atoms with Crippen LogP contribution in [0.3, 0.4) is 0 Å². The van der Waals surface area contributed by atoms with Gasteiger partial charge in [-0.1, -0.05) is 23.2 Å². The highest BCUT2D eigenvalue weighted by atomic mass is 79.9. The Morgan fingerprint density at radius 2 is 2.00 bits per heavy atom. The topological polar surface area (TPSA) is 24.9 Å². The van der Waals surface area contributed by atoms with Crippen LogP contribution >= 0.6 is 39.1 Å². The Kier molecular flexibility index (Phi) is 4.26. The van der Waals surface area contributed by atoms with E-state index in [-0.39, 0.29) is 0 Å². The lowest BCUT2D eigenvalue weighted by molar-refractivity contribution is 1.11. The third-order valence-electron chi connectivity index (χ3n) is 2.18. The summed E-state index contributed by atoms with van der Waals surface area (Å²) in [7, 11) is 0. The van der Waals surface area contributed by atoms with Crippen LogP contribution in [0.1, 0.15) is 5.56 Å². The number of anilines is 1. The first-order chi connectivity index (χ1) is 8.15. The number of hydrogen-bond donors (Lipinski definition) is 1. The zero-order valence-electron chi connectivity index (χ0n) is 8.75. The average Bonchev–Trinajstić information content (AvgIpc) is 2.28. The molecule has 2 aromatic rings. The van der Waals surface area contributed by atoms with Gasteiger partial charge in [0.2, 0.25) is 0 Å². The number of rotatable bonds is 3. The fourth-order valence-electron chi connectivity index (χ4n) is 1.38. The predicted molar refractivity (Wildman–Crippen MR) is 75.7 cm³/mol. The quantitative estimate of drug-likeness (QED) is 0.876. The minimum absolute atomic E-state index is 0.612. The van der Waals surface area contributed by atoms with Gasteiger partial charge < -0.3 is 5.32 Å². The van der Waals surface area contributed by atoms with Crippen LogP contribution in [-0.4, -0.2) is 4.98 Å². The molecule has 0 saturated carbocycles. The van der Waals surface area contributed by atoms with E-state index in [4.69, 9.17) is 23.2 Å². The average molecular weight is 332 g/mol. The molecule has 0 aliphatic rings. The lowest BCUT2D eigenvalue weighted by Crippen LogP contribution is -2.00. The number of nitrogens with zero attached hydrogens (tertiary/aromatic N) is 1. The Labute approximate surface area is 118 Å². The SMILES string of the molecule is Clc1ccc(NCc2cncc(Br)c2)c(Cl)c1. The van der Waals surface area contributed by atoms with Crippen molar-refractivity contribution in [3.05, 3.63) is 56.7 Å². The maximum atomic E-state index is 6.06. The largest absolute Gasteiger partial charge is 0.380 e. The number of pyridine rings is 1. The Morgan fingerprint density at radius 3 is 2.71 bits per heavy atom. The van der Waals surface area contributed by atoms with Crippen molar-refractivity contribution < 1.29 is 0 Å². The Bertz CT molecular complexity index is 532. The molecule has 17 heavy (non-hydrogen) atoms. The third-order valence-corrected chi connectivity index (χ3v) is 3.16. The molecule has 0 aliphatic heterocycles. The van der Waals surface area contributed by atoms with Gasteiger partial charge in [-0.2, -0.15) is 0 Å². The summed E-state index contributed by atoms with van der Waals surface area (Å²) >= 11 is 15.3. The molecule has 0 atom stereocenters. The van der Waals surface area contributed by atoms with E-state index in [1.807, 2.05) is 18.3 Å². The van der Waals surface area contributed by atoms with E-state index < -0.39 is 0 Å². The molecular formula is C12H9BrCl2N2. The molecule has 0 fully saturated rings. The molecule has 0 radical (unpaired) electrons. The van der Waals surface area contributed by atoms with Gasteiger partial charge in [-0.15, -0.1) is 0 Å². The molecule has 0 unspecified atom stereocenters. The minimum atomic E-state index is 0.612. The summed E-state index contributed by atoms with van der Waals surface area (Å²) in [6.45, 7) is 0.661. The summed E-state index contributed by atoms with van der Waals surface area (Å²) in [5.74, 6) is 0. The minimum Gasteiger partial charge on any atom is -0.380 e. The second kappa shape index (κ2) is 5.71. The lowest BCUT2D eigenvalue weighted by Gasteiger charge is -2.08. The molecule has 1 aromatic heterocycles. The summed E-state index contributed by atoms with van der Waals surface area (Å²) in [5.41, 5.74) is 1.93. The van der Waals surface area contributed by atoms with Crippen molar-refractivity contribution in [1.29, 1.82) is 0 Å². The van der Waals surface area contributed by atoms with Crippen LogP contribution < -0.4 is 5.32 Å². The van der Waals surface area contributed by atoms with Gasteiger partial charge in [0.1, 0.15) is 0 Å². The molecule has 2 nitrogen and oxygen atoms in total. The molecule has 88 valence electrons. The van der Waals surface area contributed by atoms with Gasteiger partial charge in [-0.3, -0.25) is 4.98 Å². The van der Waals surface area contributed by atoms with E-state index in [0.717, 1.165) is 15.7 Å². The first-order valence-corrected chi connectivity index (χ1v) is 6.48. The van der Waals surface area contributed by atoms with Gasteiger partial charge in [0, 0.05) is 28.4 Å². The maximum Gasteiger partial charge on any atom is 0.0652 e. The highest BCUT2D eigenvalue weighted by Gasteiger charge is 2.01. The zero-order valence-corrected chi connectivity index (χ0v) is 11.9. The van der Waals surface area contributed by atoms with Gasteiger partial charge in [-0.05, 0) is 45.8 Å². The molecule has 1 N–H and O–H groups in total. The van der Waals surface area contributed by atoms with Gasteiger partial charge in [0.25, 0.3) is 0 Å². The molecule has 0 bridgehead atoms. The van der Waals surface area contributed by atoms with E-state index in [2.05, 4.69) is 26.2 Å². The number of benzene rings is 1. The zero-order chi connectivity index (χ0) is 12.3. The monoisotopic (exact) mass is 330 g/mol. The van der Waals surface area contributed by atoms with E-state index in [0.29, 0.717) is 16.6 Å². The van der Waals surface area contributed by atoms with E-state index in [9.17, 15) is 0 Å². The smallest absolute Gasteiger partial charge is 0.0652 e. The number of hydrogen-bond acceptors (Lipinski definition) is 2. The van der Waals surface area contributed by atoms with Crippen LogP contribution in [0.4, 0.5) is 5.69 Å². The van der Waals surface area contributed by atoms with Gasteiger partial charge in [-0.25, -0.2) is 0 Å². The van der Waals surface area contributed by atoms with Gasteiger partial charge in [0.15, 0.2) is 0 Å².